The molecule has 0 radical (unpaired) electrons. The van der Waals surface area contributed by atoms with Gasteiger partial charge in [-0.15, -0.1) is 0 Å². The fourth-order valence-corrected chi connectivity index (χ4v) is 1.98. The van der Waals surface area contributed by atoms with Crippen LogP contribution in [0.3, 0.4) is 0 Å². The van der Waals surface area contributed by atoms with Crippen LogP contribution in [0, 0.1) is 16.7 Å². The zero-order valence-corrected chi connectivity index (χ0v) is 11.8. The molecular weight excluding hydrogens is 240 g/mol. The Morgan fingerprint density at radius 1 is 1.26 bits per heavy atom. The standard InChI is InChI=1S/C15H22N2O2/c1-12(14-6-4-13(8-16)5-7-14)17(3)9-15(2,10-18)11-19/h4-7,12,18-19H,9-11H2,1-3H3. The lowest BCUT2D eigenvalue weighted by Gasteiger charge is -2.34. The quantitative estimate of drug-likeness (QED) is 0.816. The fraction of sp³-hybridized carbons (Fsp3) is 0.533. The second-order valence-corrected chi connectivity index (χ2v) is 5.45. The van der Waals surface area contributed by atoms with Crippen molar-refractivity contribution in [1.82, 2.24) is 4.90 Å². The van der Waals surface area contributed by atoms with Crippen molar-refractivity contribution in [3.05, 3.63) is 35.4 Å². The Labute approximate surface area is 114 Å². The van der Waals surface area contributed by atoms with Crippen molar-refractivity contribution in [1.29, 1.82) is 5.26 Å². The van der Waals surface area contributed by atoms with Gasteiger partial charge in [0.15, 0.2) is 0 Å². The molecule has 0 amide bonds. The molecule has 0 spiro atoms. The van der Waals surface area contributed by atoms with Gasteiger partial charge in [-0.25, -0.2) is 0 Å². The highest BCUT2D eigenvalue weighted by atomic mass is 16.3. The van der Waals surface area contributed by atoms with E-state index >= 15 is 0 Å². The summed E-state index contributed by atoms with van der Waals surface area (Å²) in [5.41, 5.74) is 1.25. The summed E-state index contributed by atoms with van der Waals surface area (Å²) in [5.74, 6) is 0. The Kier molecular flexibility index (Phi) is 5.49. The first kappa shape index (κ1) is 15.6. The summed E-state index contributed by atoms with van der Waals surface area (Å²) in [6.45, 7) is 4.43. The third-order valence-electron chi connectivity index (χ3n) is 3.58. The van der Waals surface area contributed by atoms with Crippen LogP contribution in [-0.4, -0.2) is 41.9 Å². The molecule has 4 nitrogen and oxygen atoms in total. The van der Waals surface area contributed by atoms with E-state index in [4.69, 9.17) is 5.26 Å². The van der Waals surface area contributed by atoms with Gasteiger partial charge in [0.1, 0.15) is 0 Å². The number of nitriles is 1. The van der Waals surface area contributed by atoms with Crippen LogP contribution in [0.25, 0.3) is 0 Å². The van der Waals surface area contributed by atoms with Gasteiger partial charge in [-0.2, -0.15) is 5.26 Å². The molecule has 2 N–H and O–H groups in total. The van der Waals surface area contributed by atoms with Crippen LogP contribution in [0.15, 0.2) is 24.3 Å². The Bertz CT molecular complexity index is 432. The summed E-state index contributed by atoms with van der Waals surface area (Å²) in [7, 11) is 1.96. The molecule has 0 aliphatic carbocycles. The third-order valence-corrected chi connectivity index (χ3v) is 3.58. The van der Waals surface area contributed by atoms with E-state index < -0.39 is 5.41 Å². The highest BCUT2D eigenvalue weighted by Crippen LogP contribution is 2.24. The minimum absolute atomic E-state index is 0.0477. The first-order valence-corrected chi connectivity index (χ1v) is 6.38. The summed E-state index contributed by atoms with van der Waals surface area (Å²) in [6, 6.07) is 9.74. The van der Waals surface area contributed by atoms with Crippen molar-refractivity contribution < 1.29 is 10.2 Å². The lowest BCUT2D eigenvalue weighted by atomic mass is 9.91. The molecule has 0 heterocycles. The second kappa shape index (κ2) is 6.67. The number of aliphatic hydroxyl groups excluding tert-OH is 2. The van der Waals surface area contributed by atoms with Gasteiger partial charge in [0, 0.05) is 18.0 Å². The van der Waals surface area contributed by atoms with Crippen LogP contribution in [0.4, 0.5) is 0 Å². The molecular formula is C15H22N2O2. The van der Waals surface area contributed by atoms with Gasteiger partial charge in [0.05, 0.1) is 24.8 Å². The molecule has 1 aromatic carbocycles. The smallest absolute Gasteiger partial charge is 0.0991 e. The van der Waals surface area contributed by atoms with E-state index in [9.17, 15) is 10.2 Å². The minimum atomic E-state index is -0.504. The van der Waals surface area contributed by atoms with Crippen molar-refractivity contribution >= 4 is 0 Å². The van der Waals surface area contributed by atoms with Gasteiger partial charge < -0.3 is 10.2 Å². The van der Waals surface area contributed by atoms with Crippen LogP contribution in [0.1, 0.15) is 31.0 Å². The average molecular weight is 262 g/mol. The Hall–Kier alpha value is -1.41. The van der Waals surface area contributed by atoms with Gasteiger partial charge in [-0.3, -0.25) is 4.90 Å². The van der Waals surface area contributed by atoms with Gasteiger partial charge >= 0.3 is 0 Å². The van der Waals surface area contributed by atoms with Gasteiger partial charge in [0.25, 0.3) is 0 Å². The number of nitrogens with zero attached hydrogens (tertiary/aromatic N) is 2. The van der Waals surface area contributed by atoms with Crippen LogP contribution in [0.2, 0.25) is 0 Å². The maximum Gasteiger partial charge on any atom is 0.0991 e. The normalized spacial score (nSPS) is 13.3. The number of hydrogen-bond donors (Lipinski definition) is 2. The highest BCUT2D eigenvalue weighted by Gasteiger charge is 2.26. The van der Waals surface area contributed by atoms with Crippen molar-refractivity contribution in [3.63, 3.8) is 0 Å². The molecule has 1 aromatic rings. The summed E-state index contributed by atoms with van der Waals surface area (Å²) >= 11 is 0. The van der Waals surface area contributed by atoms with E-state index in [1.807, 2.05) is 26.1 Å². The zero-order chi connectivity index (χ0) is 14.5. The molecule has 1 rings (SSSR count). The molecule has 0 saturated heterocycles. The predicted octanol–water partition coefficient (Wildman–Crippen LogP) is 1.54. The second-order valence-electron chi connectivity index (χ2n) is 5.45. The number of hydrogen-bond acceptors (Lipinski definition) is 4. The molecule has 0 saturated carbocycles. The molecule has 4 heteroatoms. The van der Waals surface area contributed by atoms with E-state index in [0.29, 0.717) is 12.1 Å². The summed E-state index contributed by atoms with van der Waals surface area (Å²) < 4.78 is 0. The maximum absolute atomic E-state index is 9.33. The average Bonchev–Trinajstić information content (AvgIpc) is 2.46. The fourth-order valence-electron chi connectivity index (χ4n) is 1.98. The minimum Gasteiger partial charge on any atom is -0.396 e. The molecule has 0 aliphatic heterocycles. The van der Waals surface area contributed by atoms with Crippen molar-refractivity contribution in [2.75, 3.05) is 26.8 Å². The molecule has 0 bridgehead atoms. The first-order valence-electron chi connectivity index (χ1n) is 6.38. The Morgan fingerprint density at radius 2 is 1.79 bits per heavy atom. The molecule has 1 unspecified atom stereocenters. The summed E-state index contributed by atoms with van der Waals surface area (Å²) in [5, 5.41) is 27.4. The van der Waals surface area contributed by atoms with Crippen molar-refractivity contribution in [3.8, 4) is 6.07 Å². The molecule has 0 aromatic heterocycles. The van der Waals surface area contributed by atoms with Crippen LogP contribution in [-0.2, 0) is 0 Å². The topological polar surface area (TPSA) is 67.5 Å². The Morgan fingerprint density at radius 3 is 2.21 bits per heavy atom. The van der Waals surface area contributed by atoms with Gasteiger partial charge in [-0.05, 0) is 31.7 Å². The maximum atomic E-state index is 9.33. The summed E-state index contributed by atoms with van der Waals surface area (Å²) in [6.07, 6.45) is 0. The van der Waals surface area contributed by atoms with E-state index in [-0.39, 0.29) is 19.3 Å². The molecule has 0 fully saturated rings. The highest BCUT2D eigenvalue weighted by molar-refractivity contribution is 5.32. The lowest BCUT2D eigenvalue weighted by Crippen LogP contribution is -2.40. The van der Waals surface area contributed by atoms with Crippen molar-refractivity contribution in [2.45, 2.75) is 19.9 Å². The van der Waals surface area contributed by atoms with E-state index in [1.165, 1.54) is 0 Å². The lowest BCUT2D eigenvalue weighted by molar-refractivity contribution is 0.0326. The number of benzene rings is 1. The van der Waals surface area contributed by atoms with E-state index in [0.717, 1.165) is 5.56 Å². The van der Waals surface area contributed by atoms with E-state index in [1.54, 1.807) is 12.1 Å². The number of rotatable bonds is 6. The van der Waals surface area contributed by atoms with E-state index in [2.05, 4.69) is 17.9 Å². The molecule has 1 atom stereocenters. The van der Waals surface area contributed by atoms with Crippen LogP contribution >= 0.6 is 0 Å². The number of aliphatic hydroxyl groups is 2. The largest absolute Gasteiger partial charge is 0.396 e. The van der Waals surface area contributed by atoms with Crippen LogP contribution < -0.4 is 0 Å². The SMILES string of the molecule is CC(c1ccc(C#N)cc1)N(C)CC(C)(CO)CO. The molecule has 104 valence electrons. The predicted molar refractivity (Wildman–Crippen MR) is 74.5 cm³/mol. The zero-order valence-electron chi connectivity index (χ0n) is 11.8. The van der Waals surface area contributed by atoms with Gasteiger partial charge in [0.2, 0.25) is 0 Å². The Balaban J connectivity index is 2.76. The van der Waals surface area contributed by atoms with Gasteiger partial charge in [-0.1, -0.05) is 19.1 Å². The molecule has 19 heavy (non-hydrogen) atoms. The molecule has 0 aliphatic rings. The van der Waals surface area contributed by atoms with Crippen LogP contribution in [0.5, 0.6) is 0 Å². The summed E-state index contributed by atoms with van der Waals surface area (Å²) in [4.78, 5) is 2.09. The third kappa shape index (κ3) is 4.03. The monoisotopic (exact) mass is 262 g/mol. The first-order chi connectivity index (χ1) is 8.95. The van der Waals surface area contributed by atoms with Crippen molar-refractivity contribution in [2.24, 2.45) is 5.41 Å².